The molecule has 4 N–H and O–H groups in total. The molecule has 0 unspecified atom stereocenters. The summed E-state index contributed by atoms with van der Waals surface area (Å²) < 4.78 is 40.9. The van der Waals surface area contributed by atoms with Gasteiger partial charge in [0.1, 0.15) is 0 Å². The quantitative estimate of drug-likeness (QED) is 0.0169. The Hall–Kier alpha value is -5.45. The van der Waals surface area contributed by atoms with Crippen molar-refractivity contribution in [2.75, 3.05) is 45.0 Å². The zero-order valence-corrected chi connectivity index (χ0v) is 49.2. The summed E-state index contributed by atoms with van der Waals surface area (Å²) in [6, 6.07) is 12.8. The average molecular weight is 1080 g/mol. The second-order valence-corrected chi connectivity index (χ2v) is 21.6. The Balaban J connectivity index is 1.87. The summed E-state index contributed by atoms with van der Waals surface area (Å²) in [6.07, 6.45) is 32.4. The number of hydrogen-bond donors (Lipinski definition) is 4. The molecule has 0 fully saturated rings. The van der Waals surface area contributed by atoms with Crippen LogP contribution >= 0.6 is 0 Å². The predicted molar refractivity (Wildman–Crippen MR) is 324 cm³/mol. The monoisotopic (exact) mass is 1080 g/mol. The molecule has 0 aliphatic carbocycles. The lowest BCUT2D eigenvalue weighted by atomic mass is 9.91. The molecule has 5 aromatic carbocycles. The van der Waals surface area contributed by atoms with Crippen LogP contribution in [-0.4, -0.2) is 60.9 Å². The molecule has 5 aromatic rings. The van der Waals surface area contributed by atoms with Crippen LogP contribution < -0.4 is 33.7 Å². The van der Waals surface area contributed by atoms with Crippen molar-refractivity contribution < 1.29 is 48.5 Å². The summed E-state index contributed by atoms with van der Waals surface area (Å²) >= 11 is 0. The Labute approximate surface area is 469 Å². The molecule has 0 aliphatic rings. The number of rotatable bonds is 44. The number of nitrogens with one attached hydrogen (secondary N) is 1. The fraction of sp³-hybridized carbons (Fsp3) is 0.627. The molecule has 78 heavy (non-hydrogen) atoms. The van der Waals surface area contributed by atoms with Gasteiger partial charge in [0.2, 0.25) is 0 Å². The maximum atomic E-state index is 14.8. The van der Waals surface area contributed by atoms with Crippen molar-refractivity contribution in [1.82, 2.24) is 0 Å². The molecule has 0 atom stereocenters. The van der Waals surface area contributed by atoms with Crippen LogP contribution in [0.4, 0.5) is 5.69 Å². The van der Waals surface area contributed by atoms with Gasteiger partial charge in [-0.3, -0.25) is 4.79 Å². The van der Waals surface area contributed by atoms with Gasteiger partial charge in [0.25, 0.3) is 5.91 Å². The van der Waals surface area contributed by atoms with Gasteiger partial charge in [0.15, 0.2) is 51.7 Å². The largest absolute Gasteiger partial charge is 0.504 e. The molecule has 0 radical (unpaired) electrons. The van der Waals surface area contributed by atoms with E-state index >= 15 is 0 Å². The number of hydrogen-bond acceptors (Lipinski definition) is 10. The van der Waals surface area contributed by atoms with E-state index in [4.69, 9.17) is 28.4 Å². The van der Waals surface area contributed by atoms with E-state index in [2.05, 4.69) is 77.2 Å². The lowest BCUT2D eigenvalue weighted by Crippen LogP contribution is -2.15. The molecule has 0 bridgehead atoms. The topological polar surface area (TPSA) is 145 Å². The van der Waals surface area contributed by atoms with Crippen molar-refractivity contribution in [2.24, 2.45) is 0 Å². The van der Waals surface area contributed by atoms with Crippen molar-refractivity contribution in [2.45, 2.75) is 234 Å². The van der Waals surface area contributed by atoms with Crippen LogP contribution in [0, 0.1) is 0 Å². The number of benzene rings is 5. The Morgan fingerprint density at radius 2 is 0.615 bits per heavy atom. The van der Waals surface area contributed by atoms with Gasteiger partial charge >= 0.3 is 0 Å². The zero-order valence-electron chi connectivity index (χ0n) is 49.2. The molecule has 11 heteroatoms. The third-order valence-electron chi connectivity index (χ3n) is 14.9. The molecule has 0 saturated heterocycles. The molecule has 0 aromatic heterocycles. The van der Waals surface area contributed by atoms with Crippen molar-refractivity contribution in [3.05, 3.63) is 48.0 Å². The molecule has 1 amide bonds. The Morgan fingerprint density at radius 3 is 0.949 bits per heavy atom. The average Bonchev–Trinajstić information content (AvgIpc) is 3.50. The van der Waals surface area contributed by atoms with Crippen molar-refractivity contribution in [3.63, 3.8) is 0 Å². The van der Waals surface area contributed by atoms with Crippen molar-refractivity contribution in [3.8, 4) is 51.7 Å². The van der Waals surface area contributed by atoms with Crippen molar-refractivity contribution in [1.29, 1.82) is 0 Å². The SMILES string of the molecule is CCCCCCCOc1cc2c3cc(OCCCCCCC)c(OCCCCCCC)cc3c3c(NC(=O)c4cc(O)c(O)c(O)c4)c(OCCCCCCC)c(OCCCCCCC)cc3c2cc1OCCCCCCC. The van der Waals surface area contributed by atoms with E-state index in [-0.39, 0.29) is 5.56 Å². The number of unbranched alkanes of at least 4 members (excludes halogenated alkanes) is 24. The van der Waals surface area contributed by atoms with E-state index in [1.165, 1.54) is 51.4 Å². The van der Waals surface area contributed by atoms with Crippen LogP contribution in [-0.2, 0) is 0 Å². The van der Waals surface area contributed by atoms with Gasteiger partial charge in [-0.25, -0.2) is 0 Å². The number of phenolic OH excluding ortho intramolecular Hbond substituents is 3. The molecule has 0 spiro atoms. The molecule has 5 rings (SSSR count). The summed E-state index contributed by atoms with van der Waals surface area (Å²) in [6.45, 7) is 16.3. The van der Waals surface area contributed by atoms with E-state index in [1.807, 2.05) is 0 Å². The molecule has 0 saturated carbocycles. The summed E-state index contributed by atoms with van der Waals surface area (Å²) in [7, 11) is 0. The molecule has 434 valence electrons. The van der Waals surface area contributed by atoms with Crippen LogP contribution in [0.15, 0.2) is 42.5 Å². The van der Waals surface area contributed by atoms with E-state index in [0.717, 1.165) is 180 Å². The number of aromatic hydroxyl groups is 3. The maximum absolute atomic E-state index is 14.8. The van der Waals surface area contributed by atoms with E-state index in [1.54, 1.807) is 0 Å². The summed E-state index contributed by atoms with van der Waals surface area (Å²) in [5, 5.41) is 40.0. The highest BCUT2D eigenvalue weighted by Crippen LogP contribution is 2.52. The van der Waals surface area contributed by atoms with Crippen LogP contribution in [0.1, 0.15) is 245 Å². The van der Waals surface area contributed by atoms with Gasteiger partial charge in [0.05, 0.1) is 45.3 Å². The maximum Gasteiger partial charge on any atom is 0.256 e. The summed E-state index contributed by atoms with van der Waals surface area (Å²) in [4.78, 5) is 14.8. The van der Waals surface area contributed by atoms with Gasteiger partial charge in [-0.05, 0) is 108 Å². The van der Waals surface area contributed by atoms with Crippen LogP contribution in [0.25, 0.3) is 32.3 Å². The molecule has 11 nitrogen and oxygen atoms in total. The number of carbonyl (C=O) groups is 1. The fourth-order valence-electron chi connectivity index (χ4n) is 10.2. The lowest BCUT2D eigenvalue weighted by molar-refractivity contribution is 0.102. The van der Waals surface area contributed by atoms with Gasteiger partial charge in [0, 0.05) is 10.9 Å². The molecule has 0 heterocycles. The Kier molecular flexibility index (Phi) is 29.8. The third kappa shape index (κ3) is 20.0. The van der Waals surface area contributed by atoms with Gasteiger partial charge in [-0.15, -0.1) is 0 Å². The highest BCUT2D eigenvalue weighted by Gasteiger charge is 2.27. The van der Waals surface area contributed by atoms with Crippen molar-refractivity contribution >= 4 is 43.9 Å². The van der Waals surface area contributed by atoms with Crippen LogP contribution in [0.5, 0.6) is 51.7 Å². The highest BCUT2D eigenvalue weighted by atomic mass is 16.5. The van der Waals surface area contributed by atoms with Gasteiger partial charge in [-0.2, -0.15) is 0 Å². The number of anilines is 1. The number of carbonyl (C=O) groups excluding carboxylic acids is 1. The summed E-state index contributed by atoms with van der Waals surface area (Å²) in [5.74, 6) is 0.956. The number of amides is 1. The second kappa shape index (κ2) is 36.7. The fourth-order valence-corrected chi connectivity index (χ4v) is 10.2. The molecule has 0 aliphatic heterocycles. The zero-order chi connectivity index (χ0) is 55.7. The van der Waals surface area contributed by atoms with E-state index in [0.29, 0.717) is 85.2 Å². The van der Waals surface area contributed by atoms with Crippen LogP contribution in [0.3, 0.4) is 0 Å². The lowest BCUT2D eigenvalue weighted by Gasteiger charge is -2.24. The minimum absolute atomic E-state index is 0.0540. The van der Waals surface area contributed by atoms with Gasteiger partial charge < -0.3 is 49.1 Å². The van der Waals surface area contributed by atoms with Crippen LogP contribution in [0.2, 0.25) is 0 Å². The number of fused-ring (bicyclic) bond motifs is 6. The highest BCUT2D eigenvalue weighted by molar-refractivity contribution is 6.31. The first-order valence-electron chi connectivity index (χ1n) is 31.1. The van der Waals surface area contributed by atoms with E-state index in [9.17, 15) is 20.1 Å². The number of ether oxygens (including phenoxy) is 6. The third-order valence-corrected chi connectivity index (χ3v) is 14.9. The second-order valence-electron chi connectivity index (χ2n) is 21.6. The first kappa shape index (κ1) is 63.4. The predicted octanol–water partition coefficient (Wildman–Crippen LogP) is 19.6. The Morgan fingerprint density at radius 1 is 0.346 bits per heavy atom. The minimum Gasteiger partial charge on any atom is -0.504 e. The summed E-state index contributed by atoms with van der Waals surface area (Å²) in [5.41, 5.74) is 0.327. The first-order chi connectivity index (χ1) is 38.2. The standard InChI is InChI=1S/C67H101NO10/c1-7-13-19-25-31-37-73-58-45-51-52-46-60(75-39-33-27-21-15-9-3)61(76-40-34-28-22-16-10-4)48-54(52)63-55(53(51)47-59(58)74-38-32-26-20-14-8-2)49-62(77-41-35-29-23-17-11-5)66(78-42-36-30-24-18-12-6)64(63)68-67(72)50-43-56(69)65(71)57(70)44-50/h43-49,69-71H,7-42H2,1-6H3,(H,68,72). The Bertz CT molecular complexity index is 2440. The van der Waals surface area contributed by atoms with E-state index < -0.39 is 23.2 Å². The number of phenols is 3. The molecular weight excluding hydrogens is 979 g/mol. The molecular formula is C67H101NO10. The van der Waals surface area contributed by atoms with Gasteiger partial charge in [-0.1, -0.05) is 196 Å². The first-order valence-corrected chi connectivity index (χ1v) is 31.1. The normalized spacial score (nSPS) is 11.5. The minimum atomic E-state index is -0.702. The smallest absolute Gasteiger partial charge is 0.256 e.